The Balaban J connectivity index is 1.93. The van der Waals surface area contributed by atoms with Gasteiger partial charge in [0.15, 0.2) is 0 Å². The van der Waals surface area contributed by atoms with E-state index >= 15 is 0 Å². The van der Waals surface area contributed by atoms with Crippen LogP contribution in [-0.4, -0.2) is 0 Å². The summed E-state index contributed by atoms with van der Waals surface area (Å²) >= 11 is 0. The molecule has 158 valence electrons. The molecule has 0 nitrogen and oxygen atoms in total. The molecular weight excluding hydrogens is 372 g/mol. The fourth-order valence-corrected chi connectivity index (χ4v) is 5.85. The lowest BCUT2D eigenvalue weighted by Crippen LogP contribution is -2.28. The molecule has 0 N–H and O–H groups in total. The van der Waals surface area contributed by atoms with Crippen LogP contribution < -0.4 is 0 Å². The number of hydrogen-bond donors (Lipinski definition) is 0. The molecule has 0 heteroatoms. The first kappa shape index (κ1) is 21.4. The topological polar surface area (TPSA) is 0 Å². The second-order valence-electron chi connectivity index (χ2n) is 8.44. The van der Waals surface area contributed by atoms with Crippen LogP contribution in [0.1, 0.15) is 64.5 Å². The maximum Gasteiger partial charge on any atom is 0.0422 e. The molecule has 1 aliphatic carbocycles. The molecule has 1 atom stereocenters. The van der Waals surface area contributed by atoms with Crippen molar-refractivity contribution < 1.29 is 0 Å². The van der Waals surface area contributed by atoms with E-state index in [9.17, 15) is 0 Å². The molecule has 3 aromatic rings. The smallest absolute Gasteiger partial charge is 0.0422 e. The van der Waals surface area contributed by atoms with Crippen LogP contribution in [0.3, 0.4) is 0 Å². The van der Waals surface area contributed by atoms with Crippen molar-refractivity contribution in [1.82, 2.24) is 0 Å². The summed E-state index contributed by atoms with van der Waals surface area (Å²) in [5, 5.41) is 0. The second-order valence-corrected chi connectivity index (χ2v) is 8.44. The molecule has 4 rings (SSSR count). The minimum atomic E-state index is -0.0268. The third-order valence-corrected chi connectivity index (χ3v) is 7.11. The lowest BCUT2D eigenvalue weighted by atomic mass is 9.66. The molecule has 31 heavy (non-hydrogen) atoms. The van der Waals surface area contributed by atoms with E-state index in [0.717, 1.165) is 25.7 Å². The Bertz CT molecular complexity index is 1080. The van der Waals surface area contributed by atoms with E-state index in [4.69, 9.17) is 0 Å². The van der Waals surface area contributed by atoms with E-state index in [1.54, 1.807) is 16.7 Å². The van der Waals surface area contributed by atoms with Crippen LogP contribution in [0.4, 0.5) is 0 Å². The van der Waals surface area contributed by atoms with E-state index in [-0.39, 0.29) is 5.41 Å². The monoisotopic (exact) mass is 406 g/mol. The van der Waals surface area contributed by atoms with Crippen molar-refractivity contribution in [2.45, 2.75) is 58.8 Å². The maximum atomic E-state index is 2.37. The predicted octanol–water partition coefficient (Wildman–Crippen LogP) is 9.00. The van der Waals surface area contributed by atoms with Gasteiger partial charge in [0.1, 0.15) is 0 Å². The Hall–Kier alpha value is -2.86. The molecule has 1 aliphatic rings. The highest BCUT2D eigenvalue weighted by Gasteiger charge is 2.45. The first-order chi connectivity index (χ1) is 15.2. The van der Waals surface area contributed by atoms with Crippen molar-refractivity contribution in [3.8, 4) is 11.1 Å². The van der Waals surface area contributed by atoms with Crippen LogP contribution in [0.5, 0.6) is 0 Å². The van der Waals surface area contributed by atoms with Gasteiger partial charge in [0.2, 0.25) is 0 Å². The van der Waals surface area contributed by atoms with Gasteiger partial charge in [-0.05, 0) is 64.7 Å². The quantitative estimate of drug-likeness (QED) is 0.367. The Morgan fingerprint density at radius 1 is 0.516 bits per heavy atom. The van der Waals surface area contributed by atoms with Crippen LogP contribution >= 0.6 is 0 Å². The third-order valence-electron chi connectivity index (χ3n) is 7.11. The van der Waals surface area contributed by atoms with Gasteiger partial charge in [-0.2, -0.15) is 0 Å². The standard InChI is InChI=1S/C31H34/c1-5-27-28(6-2)30(25-21-19-24(20-22-25)23-15-11-9-12-16-23)31(8-4,29(27)7-3)26-17-13-10-14-18-26/h9-22H,5-8H2,1-4H3. The van der Waals surface area contributed by atoms with Gasteiger partial charge in [0.25, 0.3) is 0 Å². The van der Waals surface area contributed by atoms with E-state index < -0.39 is 0 Å². The second kappa shape index (κ2) is 9.10. The van der Waals surface area contributed by atoms with Crippen LogP contribution in [0.25, 0.3) is 16.7 Å². The zero-order valence-electron chi connectivity index (χ0n) is 19.4. The Morgan fingerprint density at radius 3 is 1.55 bits per heavy atom. The molecule has 3 aromatic carbocycles. The molecule has 0 radical (unpaired) electrons. The van der Waals surface area contributed by atoms with Crippen LogP contribution in [0, 0.1) is 0 Å². The summed E-state index contributed by atoms with van der Waals surface area (Å²) in [5.41, 5.74) is 11.7. The molecule has 1 unspecified atom stereocenters. The molecule has 0 spiro atoms. The molecule has 0 bridgehead atoms. The fraction of sp³-hybridized carbons (Fsp3) is 0.290. The Morgan fingerprint density at radius 2 is 1.03 bits per heavy atom. The Kier molecular flexibility index (Phi) is 6.28. The predicted molar refractivity (Wildman–Crippen MR) is 135 cm³/mol. The average Bonchev–Trinajstić information content (AvgIpc) is 3.14. The van der Waals surface area contributed by atoms with Gasteiger partial charge in [0.05, 0.1) is 0 Å². The summed E-state index contributed by atoms with van der Waals surface area (Å²) in [6.07, 6.45) is 4.37. The SMILES string of the molecule is CCC1=C(CC)C(CC)(c2ccccc2)C(c2ccc(-c3ccccc3)cc2)=C1CC. The van der Waals surface area contributed by atoms with Crippen LogP contribution in [-0.2, 0) is 5.41 Å². The number of rotatable bonds is 7. The van der Waals surface area contributed by atoms with E-state index in [0.29, 0.717) is 0 Å². The van der Waals surface area contributed by atoms with Crippen molar-refractivity contribution in [2.75, 3.05) is 0 Å². The van der Waals surface area contributed by atoms with Gasteiger partial charge < -0.3 is 0 Å². The number of hydrogen-bond acceptors (Lipinski definition) is 0. The summed E-state index contributed by atoms with van der Waals surface area (Å²) < 4.78 is 0. The zero-order valence-corrected chi connectivity index (χ0v) is 19.4. The number of allylic oxidation sites excluding steroid dienone is 4. The van der Waals surface area contributed by atoms with Gasteiger partial charge in [-0.25, -0.2) is 0 Å². The summed E-state index contributed by atoms with van der Waals surface area (Å²) in [7, 11) is 0. The molecule has 0 heterocycles. The fourth-order valence-electron chi connectivity index (χ4n) is 5.85. The molecular formula is C31H34. The molecule has 0 aromatic heterocycles. The zero-order chi connectivity index (χ0) is 21.8. The molecule has 0 saturated carbocycles. The summed E-state index contributed by atoms with van der Waals surface area (Å²) in [6.45, 7) is 9.36. The minimum Gasteiger partial charge on any atom is -0.0639 e. The van der Waals surface area contributed by atoms with Gasteiger partial charge in [-0.15, -0.1) is 0 Å². The van der Waals surface area contributed by atoms with Crippen LogP contribution in [0.15, 0.2) is 102 Å². The normalized spacial score (nSPS) is 18.7. The Labute approximate surface area is 188 Å². The molecule has 0 amide bonds. The largest absolute Gasteiger partial charge is 0.0639 e. The highest BCUT2D eigenvalue weighted by atomic mass is 14.5. The van der Waals surface area contributed by atoms with Crippen molar-refractivity contribution in [1.29, 1.82) is 0 Å². The highest BCUT2D eigenvalue weighted by Crippen LogP contribution is 2.57. The highest BCUT2D eigenvalue weighted by molar-refractivity contribution is 5.89. The summed E-state index contributed by atoms with van der Waals surface area (Å²) in [5.74, 6) is 0. The minimum absolute atomic E-state index is 0.0268. The maximum absolute atomic E-state index is 2.37. The van der Waals surface area contributed by atoms with Crippen molar-refractivity contribution in [2.24, 2.45) is 0 Å². The average molecular weight is 407 g/mol. The molecule has 0 aliphatic heterocycles. The third kappa shape index (κ3) is 3.49. The lowest BCUT2D eigenvalue weighted by Gasteiger charge is -2.36. The first-order valence-corrected chi connectivity index (χ1v) is 11.9. The van der Waals surface area contributed by atoms with E-state index in [2.05, 4.69) is 113 Å². The van der Waals surface area contributed by atoms with E-state index in [1.807, 2.05) is 0 Å². The molecule has 0 saturated heterocycles. The van der Waals surface area contributed by atoms with Gasteiger partial charge >= 0.3 is 0 Å². The van der Waals surface area contributed by atoms with Gasteiger partial charge in [-0.3, -0.25) is 0 Å². The van der Waals surface area contributed by atoms with Crippen LogP contribution in [0.2, 0.25) is 0 Å². The van der Waals surface area contributed by atoms with E-state index in [1.165, 1.54) is 27.8 Å². The van der Waals surface area contributed by atoms with Crippen molar-refractivity contribution in [3.63, 3.8) is 0 Å². The molecule has 0 fully saturated rings. The summed E-state index contributed by atoms with van der Waals surface area (Å²) in [6, 6.07) is 31.2. The van der Waals surface area contributed by atoms with Crippen molar-refractivity contribution >= 4 is 5.57 Å². The first-order valence-electron chi connectivity index (χ1n) is 11.9. The van der Waals surface area contributed by atoms with Gasteiger partial charge in [-0.1, -0.05) is 118 Å². The van der Waals surface area contributed by atoms with Gasteiger partial charge in [0, 0.05) is 5.41 Å². The summed E-state index contributed by atoms with van der Waals surface area (Å²) in [4.78, 5) is 0. The lowest BCUT2D eigenvalue weighted by molar-refractivity contribution is 0.605. The van der Waals surface area contributed by atoms with Crippen molar-refractivity contribution in [3.05, 3.63) is 113 Å². The number of benzene rings is 3.